The minimum Gasteiger partial charge on any atom is -0.488 e. The van der Waals surface area contributed by atoms with Gasteiger partial charge in [-0.1, -0.05) is 31.4 Å². The number of hydrogen-bond donors (Lipinski definition) is 3. The molecule has 6 rings (SSSR count). The first-order valence-electron chi connectivity index (χ1n) is 19.1. The fourth-order valence-corrected chi connectivity index (χ4v) is 8.23. The highest BCUT2D eigenvalue weighted by atomic mass is 32.1. The van der Waals surface area contributed by atoms with Crippen LogP contribution < -0.4 is 20.1 Å². The number of rotatable bonds is 8. The Morgan fingerprint density at radius 1 is 1.11 bits per heavy atom. The molecule has 56 heavy (non-hydrogen) atoms. The molecular weight excluding hydrogens is 758 g/mol. The summed E-state index contributed by atoms with van der Waals surface area (Å²) in [5, 5.41) is 19.2. The topological polar surface area (TPSA) is 186 Å². The first-order valence-corrected chi connectivity index (χ1v) is 22.8. The number of pyridine rings is 1. The van der Waals surface area contributed by atoms with E-state index in [9.17, 15) is 28.8 Å². The van der Waals surface area contributed by atoms with Gasteiger partial charge in [0.15, 0.2) is 0 Å². The number of fused-ring (bicyclic) bond motifs is 3. The Hall–Kier alpha value is -4.49. The molecule has 302 valence electrons. The summed E-state index contributed by atoms with van der Waals surface area (Å²) in [6, 6.07) is 4.99. The highest BCUT2D eigenvalue weighted by Crippen LogP contribution is 2.46. The van der Waals surface area contributed by atoms with Gasteiger partial charge in [0.2, 0.25) is 11.8 Å². The molecule has 3 N–H and O–H groups in total. The molecule has 14 nitrogen and oxygen atoms in total. The summed E-state index contributed by atoms with van der Waals surface area (Å²) in [4.78, 5) is 65.3. The molecule has 4 heterocycles. The Balaban J connectivity index is 1.34. The zero-order chi connectivity index (χ0) is 40.4. The van der Waals surface area contributed by atoms with Crippen LogP contribution in [0.5, 0.6) is 11.5 Å². The van der Waals surface area contributed by atoms with Crippen LogP contribution in [-0.2, 0) is 23.7 Å². The molecule has 2 fully saturated rings. The first kappa shape index (κ1) is 41.2. The first-order chi connectivity index (χ1) is 26.4. The molecule has 3 amide bonds. The van der Waals surface area contributed by atoms with E-state index in [4.69, 9.17) is 19.2 Å². The standard InChI is InChI=1S/C40H52N5O9PS/c1-24-41-32(22-56-24)31-19-34(28-16-15-26(17-30(28)42-31)52-23-55(5,6)51)53-27-18-33-35(46)44-40(37(48)49)20-25(40)13-11-9-7-8-10-12-14-29(36(47)45(33)21-27)43-38(50)54-39(2,3)4/h11,13,15-17,19,22,25,27,29,33H,7-10,12,14,18,20-21,23H2,1-6H3,(H,43,50)(H,44,46)(H,48,49)/b13-11+. The van der Waals surface area contributed by atoms with Crippen molar-refractivity contribution in [2.45, 2.75) is 108 Å². The van der Waals surface area contributed by atoms with E-state index in [2.05, 4.69) is 15.6 Å². The van der Waals surface area contributed by atoms with Gasteiger partial charge in [-0.15, -0.1) is 11.3 Å². The van der Waals surface area contributed by atoms with Crippen molar-refractivity contribution in [1.29, 1.82) is 0 Å². The van der Waals surface area contributed by atoms with Crippen molar-refractivity contribution in [2.75, 3.05) is 26.2 Å². The van der Waals surface area contributed by atoms with Crippen molar-refractivity contribution < 1.29 is 43.1 Å². The van der Waals surface area contributed by atoms with Crippen molar-refractivity contribution >= 4 is 53.3 Å². The quantitative estimate of drug-likeness (QED) is 0.162. The Kier molecular flexibility index (Phi) is 12.2. The Morgan fingerprint density at radius 3 is 2.57 bits per heavy atom. The lowest BCUT2D eigenvalue weighted by Crippen LogP contribution is -2.56. The number of carboxylic acids is 1. The summed E-state index contributed by atoms with van der Waals surface area (Å²) < 4.78 is 30.4. The summed E-state index contributed by atoms with van der Waals surface area (Å²) in [5.41, 5.74) is -0.550. The second-order valence-corrected chi connectivity index (χ2v) is 20.9. The molecular formula is C40H52N5O9PS. The molecule has 1 saturated heterocycles. The Labute approximate surface area is 331 Å². The molecule has 0 spiro atoms. The lowest BCUT2D eigenvalue weighted by Gasteiger charge is -2.30. The van der Waals surface area contributed by atoms with Gasteiger partial charge in [0.05, 0.1) is 28.5 Å². The zero-order valence-corrected chi connectivity index (χ0v) is 34.5. The van der Waals surface area contributed by atoms with Crippen LogP contribution in [0.4, 0.5) is 4.79 Å². The molecule has 3 aliphatic rings. The molecule has 1 aromatic carbocycles. The number of alkyl carbamates (subject to hydrolysis) is 1. The van der Waals surface area contributed by atoms with Gasteiger partial charge in [-0.25, -0.2) is 19.6 Å². The molecule has 2 aliphatic heterocycles. The molecule has 1 saturated carbocycles. The highest BCUT2D eigenvalue weighted by Gasteiger charge is 2.61. The summed E-state index contributed by atoms with van der Waals surface area (Å²) in [6.07, 6.45) is 7.16. The van der Waals surface area contributed by atoms with Crippen molar-refractivity contribution in [3.63, 3.8) is 0 Å². The summed E-state index contributed by atoms with van der Waals surface area (Å²) in [6.45, 7) is 10.4. The van der Waals surface area contributed by atoms with Gasteiger partial charge < -0.3 is 39.4 Å². The van der Waals surface area contributed by atoms with Crippen molar-refractivity contribution in [3.05, 3.63) is 46.8 Å². The number of allylic oxidation sites excluding steroid dienone is 1. The molecule has 3 aromatic rings. The minimum absolute atomic E-state index is 0.00867. The van der Waals surface area contributed by atoms with Crippen LogP contribution in [0.25, 0.3) is 22.3 Å². The van der Waals surface area contributed by atoms with Gasteiger partial charge >= 0.3 is 12.1 Å². The Bertz CT molecular complexity index is 2060. The molecule has 2 aromatic heterocycles. The molecule has 5 unspecified atom stereocenters. The molecule has 16 heteroatoms. The largest absolute Gasteiger partial charge is 0.488 e. The van der Waals surface area contributed by atoms with Gasteiger partial charge in [-0.2, -0.15) is 0 Å². The maximum atomic E-state index is 14.5. The van der Waals surface area contributed by atoms with E-state index in [0.29, 0.717) is 46.6 Å². The van der Waals surface area contributed by atoms with Crippen molar-refractivity contribution in [2.24, 2.45) is 5.92 Å². The van der Waals surface area contributed by atoms with E-state index in [1.165, 1.54) is 16.2 Å². The predicted molar refractivity (Wildman–Crippen MR) is 214 cm³/mol. The lowest BCUT2D eigenvalue weighted by atomic mass is 10.0. The summed E-state index contributed by atoms with van der Waals surface area (Å²) in [5.74, 6) is -1.66. The number of nitrogens with zero attached hydrogens (tertiary/aromatic N) is 3. The summed E-state index contributed by atoms with van der Waals surface area (Å²) in [7, 11) is -2.46. The van der Waals surface area contributed by atoms with E-state index in [0.717, 1.165) is 30.7 Å². The minimum atomic E-state index is -2.46. The number of benzene rings is 1. The Morgan fingerprint density at radius 2 is 1.88 bits per heavy atom. The van der Waals surface area contributed by atoms with Crippen LogP contribution in [-0.4, -0.2) is 99.4 Å². The zero-order valence-electron chi connectivity index (χ0n) is 32.8. The monoisotopic (exact) mass is 809 g/mol. The van der Waals surface area contributed by atoms with E-state index < -0.39 is 60.3 Å². The number of aromatic nitrogens is 2. The van der Waals surface area contributed by atoms with Gasteiger partial charge in [0.1, 0.15) is 54.3 Å². The average molecular weight is 810 g/mol. The second kappa shape index (κ2) is 16.5. The van der Waals surface area contributed by atoms with Crippen LogP contribution in [0, 0.1) is 12.8 Å². The average Bonchev–Trinajstić information content (AvgIpc) is 3.38. The van der Waals surface area contributed by atoms with Gasteiger partial charge in [0, 0.05) is 35.2 Å². The lowest BCUT2D eigenvalue weighted by molar-refractivity contribution is -0.145. The number of carbonyl (C=O) groups excluding carboxylic acids is 3. The van der Waals surface area contributed by atoms with Crippen molar-refractivity contribution in [1.82, 2.24) is 25.5 Å². The van der Waals surface area contributed by atoms with E-state index in [1.807, 2.05) is 24.5 Å². The van der Waals surface area contributed by atoms with Crippen LogP contribution >= 0.6 is 18.5 Å². The number of aliphatic carboxylic acids is 1. The number of carbonyl (C=O) groups is 4. The van der Waals surface area contributed by atoms with Crippen LogP contribution in [0.15, 0.2) is 41.8 Å². The number of hydrogen-bond acceptors (Lipinski definition) is 11. The van der Waals surface area contributed by atoms with Crippen LogP contribution in [0.2, 0.25) is 0 Å². The maximum absolute atomic E-state index is 14.5. The fourth-order valence-electron chi connectivity index (χ4n) is 7.16. The third kappa shape index (κ3) is 10.1. The number of carboxylic acid groups (broad SMARTS) is 1. The SMILES string of the molecule is Cc1nc(-c2cc(OC3CC4C(=O)NC5(C(=O)O)CC5/C=C/CCCCCCC(NC(=O)OC(C)(C)C)C(=O)N4C3)c3ccc(OCP(C)(C)=O)cc3n2)cs1. The molecule has 0 bridgehead atoms. The molecule has 0 radical (unpaired) electrons. The fraction of sp³-hybridized carbons (Fsp3) is 0.550. The number of amides is 3. The number of ether oxygens (including phenoxy) is 3. The third-order valence-corrected chi connectivity index (χ3v) is 11.5. The number of nitrogens with one attached hydrogen (secondary N) is 2. The molecule has 1 aliphatic carbocycles. The smallest absolute Gasteiger partial charge is 0.408 e. The highest BCUT2D eigenvalue weighted by molar-refractivity contribution is 7.62. The second-order valence-electron chi connectivity index (χ2n) is 16.5. The van der Waals surface area contributed by atoms with Gasteiger partial charge in [-0.05, 0) is 78.8 Å². The van der Waals surface area contributed by atoms with Crippen molar-refractivity contribution in [3.8, 4) is 22.9 Å². The summed E-state index contributed by atoms with van der Waals surface area (Å²) >= 11 is 1.48. The van der Waals surface area contributed by atoms with E-state index >= 15 is 0 Å². The normalized spacial score (nSPS) is 25.4. The van der Waals surface area contributed by atoms with Crippen LogP contribution in [0.1, 0.15) is 77.1 Å². The van der Waals surface area contributed by atoms with Crippen LogP contribution in [0.3, 0.4) is 0 Å². The van der Waals surface area contributed by atoms with Gasteiger partial charge in [0.25, 0.3) is 0 Å². The molecule has 5 atom stereocenters. The van der Waals surface area contributed by atoms with E-state index in [1.54, 1.807) is 58.4 Å². The number of aryl methyl sites for hydroxylation is 1. The van der Waals surface area contributed by atoms with E-state index in [-0.39, 0.29) is 31.7 Å². The predicted octanol–water partition coefficient (Wildman–Crippen LogP) is 6.74. The third-order valence-electron chi connectivity index (χ3n) is 10.0. The van der Waals surface area contributed by atoms with Gasteiger partial charge in [-0.3, -0.25) is 9.59 Å². The maximum Gasteiger partial charge on any atom is 0.408 e. The number of thiazole rings is 1.